The van der Waals surface area contributed by atoms with Crippen molar-refractivity contribution < 1.29 is 18.0 Å². The molecule has 0 radical (unpaired) electrons. The van der Waals surface area contributed by atoms with Crippen molar-refractivity contribution in [3.05, 3.63) is 129 Å². The quantitative estimate of drug-likeness (QED) is 0.174. The second kappa shape index (κ2) is 14.9. The molecule has 0 bridgehead atoms. The first-order chi connectivity index (χ1) is 21.6. The number of carbonyl (C=O) groups excluding carboxylic acids is 2. The molecular formula is C35H36Cl3N3O4S. The van der Waals surface area contributed by atoms with Crippen molar-refractivity contribution in [2.75, 3.05) is 10.8 Å². The van der Waals surface area contributed by atoms with Crippen LogP contribution in [0.5, 0.6) is 0 Å². The highest BCUT2D eigenvalue weighted by atomic mass is 35.5. The average Bonchev–Trinajstić information content (AvgIpc) is 2.99. The monoisotopic (exact) mass is 699 g/mol. The van der Waals surface area contributed by atoms with Crippen molar-refractivity contribution in [3.63, 3.8) is 0 Å². The molecule has 0 fully saturated rings. The molecule has 0 heterocycles. The predicted molar refractivity (Wildman–Crippen MR) is 186 cm³/mol. The van der Waals surface area contributed by atoms with E-state index in [-0.39, 0.29) is 28.8 Å². The summed E-state index contributed by atoms with van der Waals surface area (Å²) in [6.07, 6.45) is 0.185. The molecule has 7 nitrogen and oxygen atoms in total. The number of sulfonamides is 1. The summed E-state index contributed by atoms with van der Waals surface area (Å²) in [5, 5.41) is 4.02. The van der Waals surface area contributed by atoms with Gasteiger partial charge in [0.2, 0.25) is 11.8 Å². The number of hydrogen-bond acceptors (Lipinski definition) is 4. The van der Waals surface area contributed by atoms with Gasteiger partial charge in [-0.25, -0.2) is 8.42 Å². The second-order valence-corrected chi connectivity index (χ2v) is 15.1. The number of nitrogens with zero attached hydrogens (tertiary/aromatic N) is 2. The van der Waals surface area contributed by atoms with Gasteiger partial charge in [-0.15, -0.1) is 0 Å². The van der Waals surface area contributed by atoms with Crippen molar-refractivity contribution in [2.24, 2.45) is 0 Å². The zero-order valence-corrected chi connectivity index (χ0v) is 29.1. The van der Waals surface area contributed by atoms with Crippen LogP contribution in [-0.4, -0.2) is 43.3 Å². The van der Waals surface area contributed by atoms with E-state index in [1.165, 1.54) is 29.2 Å². The predicted octanol–water partition coefficient (Wildman–Crippen LogP) is 7.71. The van der Waals surface area contributed by atoms with E-state index in [9.17, 15) is 18.0 Å². The van der Waals surface area contributed by atoms with Crippen molar-refractivity contribution in [3.8, 4) is 0 Å². The maximum absolute atomic E-state index is 14.6. The third kappa shape index (κ3) is 9.26. The van der Waals surface area contributed by atoms with E-state index in [4.69, 9.17) is 34.8 Å². The summed E-state index contributed by atoms with van der Waals surface area (Å²) in [6, 6.07) is 25.9. The molecule has 0 aliphatic carbocycles. The van der Waals surface area contributed by atoms with Gasteiger partial charge in [0.1, 0.15) is 12.6 Å². The number of nitrogens with one attached hydrogen (secondary N) is 1. The average molecular weight is 701 g/mol. The van der Waals surface area contributed by atoms with Gasteiger partial charge in [-0.1, -0.05) is 83.3 Å². The van der Waals surface area contributed by atoms with E-state index in [0.29, 0.717) is 21.3 Å². The Balaban J connectivity index is 1.83. The maximum atomic E-state index is 14.6. The fraction of sp³-hybridized carbons (Fsp3) is 0.257. The lowest BCUT2D eigenvalue weighted by Crippen LogP contribution is -2.56. The molecule has 1 unspecified atom stereocenters. The third-order valence-corrected chi connectivity index (χ3v) is 9.86. The molecule has 1 atom stereocenters. The van der Waals surface area contributed by atoms with Gasteiger partial charge in [0.25, 0.3) is 10.0 Å². The van der Waals surface area contributed by atoms with E-state index in [1.807, 2.05) is 64.1 Å². The summed E-state index contributed by atoms with van der Waals surface area (Å²) in [6.45, 7) is 6.79. The van der Waals surface area contributed by atoms with Gasteiger partial charge in [0.05, 0.1) is 20.6 Å². The third-order valence-electron chi connectivity index (χ3n) is 7.08. The first-order valence-corrected chi connectivity index (χ1v) is 17.2. The Bertz CT molecular complexity index is 1790. The lowest BCUT2D eigenvalue weighted by molar-refractivity contribution is -0.140. The van der Waals surface area contributed by atoms with Crippen LogP contribution in [0, 0.1) is 6.92 Å². The van der Waals surface area contributed by atoms with Crippen molar-refractivity contribution in [1.82, 2.24) is 10.2 Å². The van der Waals surface area contributed by atoms with Gasteiger partial charge < -0.3 is 10.2 Å². The summed E-state index contributed by atoms with van der Waals surface area (Å²) < 4.78 is 29.3. The lowest BCUT2D eigenvalue weighted by Gasteiger charge is -2.35. The minimum atomic E-state index is -4.25. The first-order valence-electron chi connectivity index (χ1n) is 14.6. The summed E-state index contributed by atoms with van der Waals surface area (Å²) >= 11 is 18.6. The van der Waals surface area contributed by atoms with Gasteiger partial charge >= 0.3 is 0 Å². The first kappa shape index (κ1) is 35.3. The van der Waals surface area contributed by atoms with E-state index in [1.54, 1.807) is 36.4 Å². The Kier molecular flexibility index (Phi) is 11.4. The SMILES string of the molecule is Cc1cccc(N(CC(=O)N(Cc2ccc(Cl)c(Cl)c2)C(Cc2ccccc2)C(=O)NC(C)(C)C)S(=O)(=O)c2ccc(Cl)cc2)c1. The Morgan fingerprint density at radius 3 is 2.09 bits per heavy atom. The van der Waals surface area contributed by atoms with Crippen LogP contribution >= 0.6 is 34.8 Å². The fourth-order valence-electron chi connectivity index (χ4n) is 4.89. The molecule has 4 rings (SSSR count). The maximum Gasteiger partial charge on any atom is 0.264 e. The molecule has 11 heteroatoms. The zero-order valence-electron chi connectivity index (χ0n) is 26.0. The molecule has 0 aromatic heterocycles. The van der Waals surface area contributed by atoms with Crippen molar-refractivity contribution in [2.45, 2.75) is 57.1 Å². The van der Waals surface area contributed by atoms with Crippen LogP contribution in [0.2, 0.25) is 15.1 Å². The molecule has 0 saturated carbocycles. The van der Waals surface area contributed by atoms with Crippen molar-refractivity contribution >= 4 is 62.3 Å². The van der Waals surface area contributed by atoms with Crippen LogP contribution in [0.15, 0.2) is 102 Å². The van der Waals surface area contributed by atoms with Gasteiger partial charge in [-0.05, 0) is 92.9 Å². The van der Waals surface area contributed by atoms with Gasteiger partial charge in [-0.2, -0.15) is 0 Å². The summed E-state index contributed by atoms with van der Waals surface area (Å²) in [5.41, 5.74) is 1.95. The number of halogens is 3. The van der Waals surface area contributed by atoms with E-state index in [0.717, 1.165) is 15.4 Å². The van der Waals surface area contributed by atoms with Gasteiger partial charge in [0.15, 0.2) is 0 Å². The minimum absolute atomic E-state index is 0.0337. The molecule has 0 spiro atoms. The van der Waals surface area contributed by atoms with E-state index < -0.39 is 34.1 Å². The van der Waals surface area contributed by atoms with Gasteiger partial charge in [-0.3, -0.25) is 13.9 Å². The molecular weight excluding hydrogens is 665 g/mol. The van der Waals surface area contributed by atoms with Gasteiger partial charge in [0, 0.05) is 23.5 Å². The van der Waals surface area contributed by atoms with Crippen LogP contribution in [0.4, 0.5) is 5.69 Å². The van der Waals surface area contributed by atoms with Crippen LogP contribution in [0.1, 0.15) is 37.5 Å². The Morgan fingerprint density at radius 2 is 1.48 bits per heavy atom. The van der Waals surface area contributed by atoms with Crippen LogP contribution < -0.4 is 9.62 Å². The number of hydrogen-bond donors (Lipinski definition) is 1. The van der Waals surface area contributed by atoms with Crippen LogP contribution in [-0.2, 0) is 32.6 Å². The highest BCUT2D eigenvalue weighted by molar-refractivity contribution is 7.92. The largest absolute Gasteiger partial charge is 0.350 e. The Morgan fingerprint density at radius 1 is 0.804 bits per heavy atom. The molecule has 2 amide bonds. The molecule has 0 aliphatic rings. The lowest BCUT2D eigenvalue weighted by atomic mass is 10.0. The second-order valence-electron chi connectivity index (χ2n) is 12.0. The molecule has 0 aliphatic heterocycles. The summed E-state index contributed by atoms with van der Waals surface area (Å²) in [7, 11) is -4.25. The number of carbonyl (C=O) groups is 2. The van der Waals surface area contributed by atoms with Crippen LogP contribution in [0.3, 0.4) is 0 Å². The Hall–Kier alpha value is -3.56. The Labute approximate surface area is 286 Å². The van der Waals surface area contributed by atoms with Crippen LogP contribution in [0.25, 0.3) is 0 Å². The molecule has 4 aromatic rings. The number of aryl methyl sites for hydroxylation is 1. The summed E-state index contributed by atoms with van der Waals surface area (Å²) in [4.78, 5) is 29.9. The fourth-order valence-corrected chi connectivity index (χ4v) is 6.74. The van der Waals surface area contributed by atoms with E-state index in [2.05, 4.69) is 5.32 Å². The number of benzene rings is 4. The normalized spacial score (nSPS) is 12.3. The van der Waals surface area contributed by atoms with E-state index >= 15 is 0 Å². The molecule has 0 saturated heterocycles. The smallest absolute Gasteiger partial charge is 0.264 e. The highest BCUT2D eigenvalue weighted by Gasteiger charge is 2.35. The summed E-state index contributed by atoms with van der Waals surface area (Å²) in [5.74, 6) is -0.970. The minimum Gasteiger partial charge on any atom is -0.350 e. The molecule has 46 heavy (non-hydrogen) atoms. The zero-order chi connectivity index (χ0) is 33.6. The number of amides is 2. The molecule has 242 valence electrons. The van der Waals surface area contributed by atoms with Crippen molar-refractivity contribution in [1.29, 1.82) is 0 Å². The topological polar surface area (TPSA) is 86.8 Å². The number of rotatable bonds is 11. The molecule has 1 N–H and O–H groups in total. The number of anilines is 1. The standard InChI is InChI=1S/C35H36Cl3N3O4S/c1-24-9-8-12-28(19-24)41(46(44,45)29-16-14-27(36)15-17-29)23-33(42)40(22-26-13-18-30(37)31(38)20-26)32(34(43)39-35(2,3)4)21-25-10-6-5-7-11-25/h5-20,32H,21-23H2,1-4H3,(H,39,43). The molecule has 4 aromatic carbocycles. The highest BCUT2D eigenvalue weighted by Crippen LogP contribution is 2.28.